The Labute approximate surface area is 239 Å². The van der Waals surface area contributed by atoms with E-state index in [1.807, 2.05) is 6.07 Å². The summed E-state index contributed by atoms with van der Waals surface area (Å²) in [5.74, 6) is -2.54. The van der Waals surface area contributed by atoms with Crippen LogP contribution in [0.4, 0.5) is 22.0 Å². The van der Waals surface area contributed by atoms with Crippen molar-refractivity contribution in [2.45, 2.75) is 36.6 Å². The molecule has 0 saturated carbocycles. The number of aliphatic carboxylic acids is 1. The largest absolute Gasteiger partial charge is 0.482 e. The predicted octanol–water partition coefficient (Wildman–Crippen LogP) is 8.92. The minimum Gasteiger partial charge on any atom is -0.482 e. The second-order valence-electron chi connectivity index (χ2n) is 8.82. The molecule has 1 atom stereocenters. The van der Waals surface area contributed by atoms with Crippen molar-refractivity contribution in [3.8, 4) is 16.3 Å². The Kier molecular flexibility index (Phi) is 9.06. The zero-order valence-electron chi connectivity index (χ0n) is 21.0. The minimum atomic E-state index is -4.81. The summed E-state index contributed by atoms with van der Waals surface area (Å²) >= 11 is 8.99. The number of rotatable bonds is 9. The smallest absolute Gasteiger partial charge is 0.419 e. The summed E-state index contributed by atoms with van der Waals surface area (Å²) in [6.07, 6.45) is -4.52. The number of alkyl halides is 3. The van der Waals surface area contributed by atoms with Crippen LogP contribution in [-0.4, -0.2) is 22.7 Å². The van der Waals surface area contributed by atoms with Crippen LogP contribution in [0.15, 0.2) is 59.5 Å². The van der Waals surface area contributed by atoms with Crippen molar-refractivity contribution in [1.29, 1.82) is 0 Å². The van der Waals surface area contributed by atoms with Crippen molar-refractivity contribution < 1.29 is 36.6 Å². The molecule has 0 amide bonds. The van der Waals surface area contributed by atoms with E-state index >= 15 is 0 Å². The molecule has 0 saturated heterocycles. The Balaban J connectivity index is 1.70. The van der Waals surface area contributed by atoms with E-state index in [9.17, 15) is 26.7 Å². The van der Waals surface area contributed by atoms with Gasteiger partial charge in [0.1, 0.15) is 22.4 Å². The number of hydrogen-bond acceptors (Lipinski definition) is 5. The first-order chi connectivity index (χ1) is 18.8. The lowest BCUT2D eigenvalue weighted by Crippen LogP contribution is -2.10. The molecule has 4 rings (SSSR count). The average Bonchev–Trinajstić information content (AvgIpc) is 3.26. The first kappa shape index (κ1) is 29.8. The Morgan fingerprint density at radius 3 is 2.50 bits per heavy atom. The van der Waals surface area contributed by atoms with Gasteiger partial charge in [0, 0.05) is 25.6 Å². The zero-order valence-corrected chi connectivity index (χ0v) is 23.4. The molecular formula is C28H21ClF5NO3S2. The van der Waals surface area contributed by atoms with Gasteiger partial charge in [-0.2, -0.15) is 13.2 Å². The maximum atomic E-state index is 14.3. The topological polar surface area (TPSA) is 59.4 Å². The maximum absolute atomic E-state index is 14.3. The van der Waals surface area contributed by atoms with Crippen molar-refractivity contribution in [3.05, 3.63) is 98.5 Å². The summed E-state index contributed by atoms with van der Waals surface area (Å²) in [4.78, 5) is 16.9. The van der Waals surface area contributed by atoms with Gasteiger partial charge in [-0.05, 0) is 79.9 Å². The number of benzene rings is 3. The molecule has 0 aliphatic carbocycles. The van der Waals surface area contributed by atoms with Gasteiger partial charge < -0.3 is 9.84 Å². The lowest BCUT2D eigenvalue weighted by atomic mass is 10.1. The molecule has 0 aliphatic rings. The van der Waals surface area contributed by atoms with Gasteiger partial charge in [-0.1, -0.05) is 17.7 Å². The standard InChI is InChI=1S/C28H21ClF5NO3S2/c1-14-9-19(5-8-23(14)38-13-25(36)37)39-24(12-17-10-18(30)4-7-21(17)29)26-15(2)35-27(40-26)16-3-6-20(22(31)11-16)28(32,33)34/h3-11,24H,12-13H2,1-2H3,(H,36,37). The molecule has 3 aromatic carbocycles. The third-order valence-corrected chi connectivity index (χ3v) is 8.89. The Morgan fingerprint density at radius 1 is 1.10 bits per heavy atom. The number of aryl methyl sites for hydroxylation is 2. The molecule has 1 aromatic heterocycles. The van der Waals surface area contributed by atoms with E-state index in [-0.39, 0.29) is 10.8 Å². The van der Waals surface area contributed by atoms with Crippen LogP contribution in [0.1, 0.15) is 32.5 Å². The SMILES string of the molecule is Cc1cc(SC(Cc2cc(F)ccc2Cl)c2sc(-c3ccc(C(F)(F)F)c(F)c3)nc2C)ccc1OCC(=O)O. The van der Waals surface area contributed by atoms with Gasteiger partial charge in [0.15, 0.2) is 6.61 Å². The molecule has 1 unspecified atom stereocenters. The van der Waals surface area contributed by atoms with Gasteiger partial charge in [-0.15, -0.1) is 23.1 Å². The molecule has 1 N–H and O–H groups in total. The number of nitrogens with zero attached hydrogens (tertiary/aromatic N) is 1. The predicted molar refractivity (Wildman–Crippen MR) is 145 cm³/mol. The normalized spacial score (nSPS) is 12.4. The van der Waals surface area contributed by atoms with Gasteiger partial charge in [0.05, 0.1) is 11.3 Å². The van der Waals surface area contributed by atoms with Crippen LogP contribution >= 0.6 is 34.7 Å². The summed E-state index contributed by atoms with van der Waals surface area (Å²) < 4.78 is 72.8. The molecule has 12 heteroatoms. The van der Waals surface area contributed by atoms with Gasteiger partial charge in [0.2, 0.25) is 0 Å². The number of aromatic nitrogens is 1. The number of thioether (sulfide) groups is 1. The number of hydrogen-bond donors (Lipinski definition) is 1. The number of ether oxygens (including phenoxy) is 1. The number of halogens is 6. The third kappa shape index (κ3) is 7.13. The van der Waals surface area contributed by atoms with Crippen LogP contribution in [0.2, 0.25) is 5.02 Å². The molecule has 0 aliphatic heterocycles. The molecule has 0 fully saturated rings. The van der Waals surface area contributed by atoms with E-state index < -0.39 is 36.0 Å². The van der Waals surface area contributed by atoms with Crippen molar-refractivity contribution in [2.24, 2.45) is 0 Å². The van der Waals surface area contributed by atoms with Crippen molar-refractivity contribution in [2.75, 3.05) is 6.61 Å². The highest BCUT2D eigenvalue weighted by atomic mass is 35.5. The summed E-state index contributed by atoms with van der Waals surface area (Å²) in [6, 6.07) is 12.0. The van der Waals surface area contributed by atoms with Gasteiger partial charge >= 0.3 is 12.1 Å². The van der Waals surface area contributed by atoms with E-state index in [1.165, 1.54) is 47.4 Å². The Bertz CT molecular complexity index is 1560. The molecule has 0 radical (unpaired) electrons. The van der Waals surface area contributed by atoms with E-state index in [2.05, 4.69) is 4.98 Å². The molecule has 4 aromatic rings. The van der Waals surface area contributed by atoms with E-state index in [4.69, 9.17) is 21.4 Å². The molecule has 0 bridgehead atoms. The molecule has 210 valence electrons. The second-order valence-corrected chi connectivity index (χ2v) is 11.5. The first-order valence-corrected chi connectivity index (χ1v) is 13.8. The summed E-state index contributed by atoms with van der Waals surface area (Å²) in [5, 5.41) is 9.23. The fraction of sp³-hybridized carbons (Fsp3) is 0.214. The highest BCUT2D eigenvalue weighted by molar-refractivity contribution is 7.99. The Hall–Kier alpha value is -3.15. The first-order valence-electron chi connectivity index (χ1n) is 11.7. The van der Waals surface area contributed by atoms with Crippen molar-refractivity contribution in [3.63, 3.8) is 0 Å². The lowest BCUT2D eigenvalue weighted by Gasteiger charge is -2.18. The third-order valence-electron chi connectivity index (χ3n) is 5.84. The number of carbonyl (C=O) groups is 1. The van der Waals surface area contributed by atoms with E-state index in [0.29, 0.717) is 45.1 Å². The molecule has 1 heterocycles. The highest BCUT2D eigenvalue weighted by Gasteiger charge is 2.34. The van der Waals surface area contributed by atoms with Crippen LogP contribution in [-0.2, 0) is 17.4 Å². The molecule has 40 heavy (non-hydrogen) atoms. The number of carboxylic acids is 1. The molecule has 0 spiro atoms. The van der Waals surface area contributed by atoms with Gasteiger partial charge in [-0.3, -0.25) is 0 Å². The van der Waals surface area contributed by atoms with Crippen LogP contribution in [0.5, 0.6) is 5.75 Å². The fourth-order valence-corrected chi connectivity index (χ4v) is 6.74. The zero-order chi connectivity index (χ0) is 29.2. The van der Waals surface area contributed by atoms with E-state index in [0.717, 1.165) is 15.8 Å². The van der Waals surface area contributed by atoms with Crippen LogP contribution in [0.3, 0.4) is 0 Å². The van der Waals surface area contributed by atoms with Crippen molar-refractivity contribution >= 4 is 40.7 Å². The second kappa shape index (κ2) is 12.2. The summed E-state index contributed by atoms with van der Waals surface area (Å²) in [7, 11) is 0. The van der Waals surface area contributed by atoms with Crippen LogP contribution < -0.4 is 4.74 Å². The number of thiazole rings is 1. The van der Waals surface area contributed by atoms with E-state index in [1.54, 1.807) is 26.0 Å². The molecular weight excluding hydrogens is 593 g/mol. The summed E-state index contributed by atoms with van der Waals surface area (Å²) in [5.41, 5.74) is 0.685. The summed E-state index contributed by atoms with van der Waals surface area (Å²) in [6.45, 7) is 3.03. The van der Waals surface area contributed by atoms with Gasteiger partial charge in [0.25, 0.3) is 0 Å². The fourth-order valence-electron chi connectivity index (χ4n) is 3.96. The number of carboxylic acid groups (broad SMARTS) is 1. The maximum Gasteiger partial charge on any atom is 0.419 e. The monoisotopic (exact) mass is 613 g/mol. The van der Waals surface area contributed by atoms with Crippen LogP contribution in [0.25, 0.3) is 10.6 Å². The van der Waals surface area contributed by atoms with Crippen LogP contribution in [0, 0.1) is 25.5 Å². The quantitative estimate of drug-likeness (QED) is 0.151. The lowest BCUT2D eigenvalue weighted by molar-refractivity contribution is -0.140. The van der Waals surface area contributed by atoms with Gasteiger partial charge in [-0.25, -0.2) is 18.6 Å². The van der Waals surface area contributed by atoms with Crippen molar-refractivity contribution in [1.82, 2.24) is 4.98 Å². The highest BCUT2D eigenvalue weighted by Crippen LogP contribution is 2.45. The Morgan fingerprint density at radius 2 is 1.85 bits per heavy atom. The average molecular weight is 614 g/mol. The minimum absolute atomic E-state index is 0.202. The molecule has 4 nitrogen and oxygen atoms in total.